The van der Waals surface area contributed by atoms with E-state index in [-0.39, 0.29) is 11.4 Å². The molecule has 0 aromatic rings. The molecule has 0 aliphatic carbocycles. The summed E-state index contributed by atoms with van der Waals surface area (Å²) in [5.41, 5.74) is 0.499. The molecule has 2 heteroatoms. The van der Waals surface area contributed by atoms with E-state index in [1.165, 1.54) is 0 Å². The maximum Gasteiger partial charge on any atom is 0.246 e. The summed E-state index contributed by atoms with van der Waals surface area (Å²) in [4.78, 5) is 11.3. The number of nitrogens with one attached hydrogen (secondary N) is 1. The Morgan fingerprint density at radius 2 is 1.83 bits per heavy atom. The molecule has 0 heterocycles. The van der Waals surface area contributed by atoms with Crippen LogP contribution in [0.1, 0.15) is 40.5 Å². The SMILES string of the molecule is C=C(C)C(=O)NC(C)(CC)CC. The lowest BCUT2D eigenvalue weighted by Gasteiger charge is -2.28. The van der Waals surface area contributed by atoms with Gasteiger partial charge in [-0.05, 0) is 26.7 Å². The molecular formula is C10H19NO. The Morgan fingerprint density at radius 3 is 2.08 bits per heavy atom. The predicted molar refractivity (Wildman–Crippen MR) is 51.9 cm³/mol. The smallest absolute Gasteiger partial charge is 0.246 e. The number of carbonyl (C=O) groups excluding carboxylic acids is 1. The zero-order valence-electron chi connectivity index (χ0n) is 8.53. The Labute approximate surface area is 75.0 Å². The second kappa shape index (κ2) is 4.29. The van der Waals surface area contributed by atoms with Crippen LogP contribution in [0.3, 0.4) is 0 Å². The van der Waals surface area contributed by atoms with Gasteiger partial charge in [0.2, 0.25) is 5.91 Å². The molecule has 0 aromatic carbocycles. The molecule has 1 amide bonds. The Morgan fingerprint density at radius 1 is 1.42 bits per heavy atom. The van der Waals surface area contributed by atoms with Gasteiger partial charge in [-0.1, -0.05) is 20.4 Å². The lowest BCUT2D eigenvalue weighted by Crippen LogP contribution is -2.45. The summed E-state index contributed by atoms with van der Waals surface area (Å²) in [6.45, 7) is 11.5. The van der Waals surface area contributed by atoms with E-state index in [0.29, 0.717) is 5.57 Å². The molecule has 0 aliphatic heterocycles. The third kappa shape index (κ3) is 3.07. The van der Waals surface area contributed by atoms with Crippen LogP contribution in [0.2, 0.25) is 0 Å². The molecule has 0 atom stereocenters. The molecule has 0 saturated heterocycles. The van der Waals surface area contributed by atoms with Gasteiger partial charge in [-0.2, -0.15) is 0 Å². The van der Waals surface area contributed by atoms with Crippen molar-refractivity contribution in [2.75, 3.05) is 0 Å². The molecule has 0 saturated carbocycles. The molecule has 2 nitrogen and oxygen atoms in total. The van der Waals surface area contributed by atoms with Crippen LogP contribution in [0.4, 0.5) is 0 Å². The van der Waals surface area contributed by atoms with Crippen LogP contribution < -0.4 is 5.32 Å². The average Bonchev–Trinajstić information content (AvgIpc) is 2.04. The number of carbonyl (C=O) groups is 1. The normalized spacial score (nSPS) is 11.0. The number of hydrogen-bond donors (Lipinski definition) is 1. The second-order valence-electron chi connectivity index (χ2n) is 3.50. The van der Waals surface area contributed by atoms with Crippen molar-refractivity contribution in [3.63, 3.8) is 0 Å². The summed E-state index contributed by atoms with van der Waals surface area (Å²) in [6, 6.07) is 0. The highest BCUT2D eigenvalue weighted by molar-refractivity contribution is 5.92. The van der Waals surface area contributed by atoms with Crippen molar-refractivity contribution in [2.24, 2.45) is 0 Å². The Kier molecular flexibility index (Phi) is 4.01. The van der Waals surface area contributed by atoms with Crippen LogP contribution in [0, 0.1) is 0 Å². The molecule has 0 fully saturated rings. The number of hydrogen-bond acceptors (Lipinski definition) is 1. The van der Waals surface area contributed by atoms with Crippen molar-refractivity contribution in [3.8, 4) is 0 Å². The zero-order chi connectivity index (χ0) is 9.78. The van der Waals surface area contributed by atoms with Gasteiger partial charge < -0.3 is 5.32 Å². The van der Waals surface area contributed by atoms with Gasteiger partial charge in [0, 0.05) is 11.1 Å². The minimum Gasteiger partial charge on any atom is -0.347 e. The van der Waals surface area contributed by atoms with E-state index >= 15 is 0 Å². The van der Waals surface area contributed by atoms with Crippen molar-refractivity contribution in [2.45, 2.75) is 46.1 Å². The maximum atomic E-state index is 11.3. The van der Waals surface area contributed by atoms with E-state index in [4.69, 9.17) is 0 Å². The summed E-state index contributed by atoms with van der Waals surface area (Å²) < 4.78 is 0. The summed E-state index contributed by atoms with van der Waals surface area (Å²) in [7, 11) is 0. The van der Waals surface area contributed by atoms with Crippen molar-refractivity contribution < 1.29 is 4.79 Å². The fourth-order valence-corrected chi connectivity index (χ4v) is 0.808. The Bertz CT molecular complexity index is 180. The lowest BCUT2D eigenvalue weighted by molar-refractivity contribution is -0.119. The fourth-order valence-electron chi connectivity index (χ4n) is 0.808. The summed E-state index contributed by atoms with van der Waals surface area (Å²) in [5.74, 6) is -0.0406. The standard InChI is InChI=1S/C10H19NO/c1-6-10(5,7-2)11-9(12)8(3)4/h3,6-7H2,1-2,4-5H3,(H,11,12). The largest absolute Gasteiger partial charge is 0.347 e. The van der Waals surface area contributed by atoms with Gasteiger partial charge in [0.05, 0.1) is 0 Å². The van der Waals surface area contributed by atoms with Crippen molar-refractivity contribution in [1.82, 2.24) is 5.32 Å². The Balaban J connectivity index is 4.21. The monoisotopic (exact) mass is 169 g/mol. The molecule has 0 unspecified atom stereocenters. The quantitative estimate of drug-likeness (QED) is 0.642. The first kappa shape index (κ1) is 11.2. The van der Waals surface area contributed by atoms with E-state index < -0.39 is 0 Å². The van der Waals surface area contributed by atoms with Gasteiger partial charge in [0.25, 0.3) is 0 Å². The van der Waals surface area contributed by atoms with Crippen LogP contribution in [-0.2, 0) is 4.79 Å². The maximum absolute atomic E-state index is 11.3. The van der Waals surface area contributed by atoms with Gasteiger partial charge in [0.15, 0.2) is 0 Å². The van der Waals surface area contributed by atoms with E-state index in [0.717, 1.165) is 12.8 Å². The third-order valence-electron chi connectivity index (χ3n) is 2.36. The molecule has 1 N–H and O–H groups in total. The van der Waals surface area contributed by atoms with Gasteiger partial charge in [-0.3, -0.25) is 4.79 Å². The van der Waals surface area contributed by atoms with E-state index in [1.807, 2.05) is 6.92 Å². The molecule has 0 aliphatic rings. The van der Waals surface area contributed by atoms with Gasteiger partial charge in [0.1, 0.15) is 0 Å². The lowest BCUT2D eigenvalue weighted by atomic mass is 9.95. The van der Waals surface area contributed by atoms with E-state index in [2.05, 4.69) is 25.7 Å². The number of amides is 1. The Hall–Kier alpha value is -0.790. The van der Waals surface area contributed by atoms with Gasteiger partial charge in [-0.25, -0.2) is 0 Å². The predicted octanol–water partition coefficient (Wildman–Crippen LogP) is 2.26. The summed E-state index contributed by atoms with van der Waals surface area (Å²) in [6.07, 6.45) is 1.89. The first-order valence-electron chi connectivity index (χ1n) is 4.43. The average molecular weight is 169 g/mol. The highest BCUT2D eigenvalue weighted by Gasteiger charge is 2.21. The fraction of sp³-hybridized carbons (Fsp3) is 0.700. The van der Waals surface area contributed by atoms with Crippen LogP contribution >= 0.6 is 0 Å². The van der Waals surface area contributed by atoms with Crippen LogP contribution in [0.25, 0.3) is 0 Å². The highest BCUT2D eigenvalue weighted by atomic mass is 16.1. The molecular weight excluding hydrogens is 150 g/mol. The topological polar surface area (TPSA) is 29.1 Å². The first-order chi connectivity index (χ1) is 5.45. The molecule has 0 rings (SSSR count). The third-order valence-corrected chi connectivity index (χ3v) is 2.36. The van der Waals surface area contributed by atoms with E-state index in [1.54, 1.807) is 6.92 Å². The second-order valence-corrected chi connectivity index (χ2v) is 3.50. The minimum absolute atomic E-state index is 0.0406. The van der Waals surface area contributed by atoms with Crippen LogP contribution in [-0.4, -0.2) is 11.4 Å². The molecule has 70 valence electrons. The molecule has 12 heavy (non-hydrogen) atoms. The summed E-state index contributed by atoms with van der Waals surface area (Å²) >= 11 is 0. The molecule has 0 spiro atoms. The number of rotatable bonds is 4. The molecule has 0 radical (unpaired) electrons. The molecule has 0 bridgehead atoms. The van der Waals surface area contributed by atoms with Gasteiger partial charge >= 0.3 is 0 Å². The van der Waals surface area contributed by atoms with Crippen molar-refractivity contribution in [1.29, 1.82) is 0 Å². The van der Waals surface area contributed by atoms with E-state index in [9.17, 15) is 4.79 Å². The minimum atomic E-state index is -0.0734. The van der Waals surface area contributed by atoms with Crippen molar-refractivity contribution in [3.05, 3.63) is 12.2 Å². The summed E-state index contributed by atoms with van der Waals surface area (Å²) in [5, 5.41) is 2.95. The van der Waals surface area contributed by atoms with Crippen LogP contribution in [0.5, 0.6) is 0 Å². The molecule has 0 aromatic heterocycles. The first-order valence-corrected chi connectivity index (χ1v) is 4.43. The zero-order valence-corrected chi connectivity index (χ0v) is 8.53. The highest BCUT2D eigenvalue weighted by Crippen LogP contribution is 2.13. The van der Waals surface area contributed by atoms with Gasteiger partial charge in [-0.15, -0.1) is 0 Å². The van der Waals surface area contributed by atoms with Crippen molar-refractivity contribution >= 4 is 5.91 Å². The van der Waals surface area contributed by atoms with Crippen LogP contribution in [0.15, 0.2) is 12.2 Å².